The van der Waals surface area contributed by atoms with Crippen LogP contribution in [-0.2, 0) is 18.3 Å². The van der Waals surface area contributed by atoms with Gasteiger partial charge in [0.1, 0.15) is 5.82 Å². The number of hydrogen-bond acceptors (Lipinski definition) is 3. The van der Waals surface area contributed by atoms with Crippen molar-refractivity contribution in [1.82, 2.24) is 9.78 Å². The number of aryl methyl sites for hydroxylation is 1. The van der Waals surface area contributed by atoms with Crippen LogP contribution in [0.3, 0.4) is 0 Å². The number of nitrogens with zero attached hydrogens (tertiary/aromatic N) is 2. The van der Waals surface area contributed by atoms with Crippen LogP contribution in [0.1, 0.15) is 46.7 Å². The first-order valence-electron chi connectivity index (χ1n) is 7.23. The summed E-state index contributed by atoms with van der Waals surface area (Å²) in [5.74, 6) is 0.718. The summed E-state index contributed by atoms with van der Waals surface area (Å²) in [6.07, 6.45) is 1.75. The van der Waals surface area contributed by atoms with Crippen LogP contribution in [0, 0.1) is 11.3 Å². The van der Waals surface area contributed by atoms with Crippen LogP contribution in [0.15, 0.2) is 6.07 Å². The lowest BCUT2D eigenvalue weighted by atomic mass is 9.91. The minimum Gasteiger partial charge on any atom is -0.320 e. The van der Waals surface area contributed by atoms with Crippen molar-refractivity contribution >= 4 is 11.7 Å². The highest BCUT2D eigenvalue weighted by atomic mass is 16.2. The van der Waals surface area contributed by atoms with Crippen molar-refractivity contribution in [1.29, 1.82) is 0 Å². The maximum atomic E-state index is 12.1. The lowest BCUT2D eigenvalue weighted by Crippen LogP contribution is -2.40. The van der Waals surface area contributed by atoms with Gasteiger partial charge in [-0.05, 0) is 17.8 Å². The molecule has 114 valence electrons. The number of amides is 1. The van der Waals surface area contributed by atoms with E-state index in [1.54, 1.807) is 4.68 Å². The maximum Gasteiger partial charge on any atom is 0.242 e. The van der Waals surface area contributed by atoms with E-state index in [1.165, 1.54) is 0 Å². The maximum absolute atomic E-state index is 12.1. The van der Waals surface area contributed by atoms with E-state index in [4.69, 9.17) is 5.73 Å². The molecule has 0 aliphatic rings. The van der Waals surface area contributed by atoms with Gasteiger partial charge in [-0.25, -0.2) is 0 Å². The Morgan fingerprint density at radius 3 is 2.60 bits per heavy atom. The van der Waals surface area contributed by atoms with E-state index in [-0.39, 0.29) is 17.2 Å². The second-order valence-electron chi connectivity index (χ2n) is 6.78. The molecule has 1 aromatic heterocycles. The molecule has 1 amide bonds. The molecule has 0 saturated carbocycles. The molecule has 2 atom stereocenters. The second kappa shape index (κ2) is 6.39. The second-order valence-corrected chi connectivity index (χ2v) is 6.78. The molecule has 0 saturated heterocycles. The van der Waals surface area contributed by atoms with E-state index < -0.39 is 6.04 Å². The van der Waals surface area contributed by atoms with Gasteiger partial charge in [-0.1, -0.05) is 41.0 Å². The van der Waals surface area contributed by atoms with E-state index in [9.17, 15) is 4.79 Å². The van der Waals surface area contributed by atoms with Gasteiger partial charge in [0, 0.05) is 13.1 Å². The molecule has 0 spiro atoms. The standard InChI is InChI=1S/C15H28N4O/c1-7-10(2)13(16)14(20)17-12-8-11(18-19(12)6)9-15(3,4)5/h8,10,13H,7,9,16H2,1-6H3,(H,17,20). The molecule has 5 nitrogen and oxygen atoms in total. The van der Waals surface area contributed by atoms with Gasteiger partial charge in [0.25, 0.3) is 0 Å². The zero-order chi connectivity index (χ0) is 15.5. The fraction of sp³-hybridized carbons (Fsp3) is 0.733. The Kier molecular flexibility index (Phi) is 5.34. The van der Waals surface area contributed by atoms with Crippen LogP contribution in [0.25, 0.3) is 0 Å². The van der Waals surface area contributed by atoms with Gasteiger partial charge in [-0.15, -0.1) is 0 Å². The molecule has 0 aromatic carbocycles. The summed E-state index contributed by atoms with van der Waals surface area (Å²) < 4.78 is 1.70. The first-order chi connectivity index (χ1) is 9.14. The Labute approximate surface area is 121 Å². The topological polar surface area (TPSA) is 72.9 Å². The third kappa shape index (κ3) is 4.63. The normalized spacial score (nSPS) is 14.9. The quantitative estimate of drug-likeness (QED) is 0.869. The zero-order valence-electron chi connectivity index (χ0n) is 13.5. The smallest absolute Gasteiger partial charge is 0.242 e. The molecule has 3 N–H and O–H groups in total. The Morgan fingerprint density at radius 1 is 1.50 bits per heavy atom. The van der Waals surface area contributed by atoms with Crippen molar-refractivity contribution in [3.05, 3.63) is 11.8 Å². The Hall–Kier alpha value is -1.36. The number of nitrogens with two attached hydrogens (primary N) is 1. The van der Waals surface area contributed by atoms with Crippen LogP contribution in [-0.4, -0.2) is 21.7 Å². The van der Waals surface area contributed by atoms with Gasteiger partial charge in [0.15, 0.2) is 0 Å². The fourth-order valence-electron chi connectivity index (χ4n) is 2.00. The highest BCUT2D eigenvalue weighted by Crippen LogP contribution is 2.21. The van der Waals surface area contributed by atoms with Crippen molar-refractivity contribution in [3.63, 3.8) is 0 Å². The summed E-state index contributed by atoms with van der Waals surface area (Å²) in [5, 5.41) is 7.30. The monoisotopic (exact) mass is 280 g/mol. The van der Waals surface area contributed by atoms with Crippen molar-refractivity contribution in [3.8, 4) is 0 Å². The Balaban J connectivity index is 2.76. The number of nitrogens with one attached hydrogen (secondary N) is 1. The van der Waals surface area contributed by atoms with Gasteiger partial charge in [0.05, 0.1) is 11.7 Å². The summed E-state index contributed by atoms with van der Waals surface area (Å²) in [6, 6.07) is 1.44. The average Bonchev–Trinajstić information content (AvgIpc) is 2.64. The summed E-state index contributed by atoms with van der Waals surface area (Å²) in [6.45, 7) is 10.5. The number of rotatable bonds is 5. The molecule has 0 aliphatic heterocycles. The zero-order valence-corrected chi connectivity index (χ0v) is 13.5. The van der Waals surface area contributed by atoms with E-state index in [0.29, 0.717) is 5.82 Å². The number of aromatic nitrogens is 2. The van der Waals surface area contributed by atoms with Crippen LogP contribution < -0.4 is 11.1 Å². The lowest BCUT2D eigenvalue weighted by molar-refractivity contribution is -0.118. The molecular formula is C15H28N4O. The number of hydrogen-bond donors (Lipinski definition) is 2. The van der Waals surface area contributed by atoms with Crippen LogP contribution in [0.2, 0.25) is 0 Å². The molecule has 1 heterocycles. The van der Waals surface area contributed by atoms with E-state index in [2.05, 4.69) is 31.2 Å². The Morgan fingerprint density at radius 2 is 2.10 bits per heavy atom. The molecule has 0 radical (unpaired) electrons. The predicted octanol–water partition coefficient (Wildman–Crippen LogP) is 2.32. The highest BCUT2D eigenvalue weighted by molar-refractivity contribution is 5.94. The summed E-state index contributed by atoms with van der Waals surface area (Å²) in [4.78, 5) is 12.1. The van der Waals surface area contributed by atoms with Crippen molar-refractivity contribution in [2.24, 2.45) is 24.1 Å². The third-order valence-electron chi connectivity index (χ3n) is 3.45. The number of anilines is 1. The lowest BCUT2D eigenvalue weighted by Gasteiger charge is -2.17. The van der Waals surface area contributed by atoms with Crippen LogP contribution in [0.4, 0.5) is 5.82 Å². The van der Waals surface area contributed by atoms with E-state index >= 15 is 0 Å². The Bertz CT molecular complexity index is 459. The van der Waals surface area contributed by atoms with Crippen molar-refractivity contribution in [2.45, 2.75) is 53.5 Å². The third-order valence-corrected chi connectivity index (χ3v) is 3.45. The van der Waals surface area contributed by atoms with Gasteiger partial charge in [-0.2, -0.15) is 5.10 Å². The average molecular weight is 280 g/mol. The summed E-state index contributed by atoms with van der Waals surface area (Å²) >= 11 is 0. The van der Waals surface area contributed by atoms with Gasteiger partial charge >= 0.3 is 0 Å². The molecule has 20 heavy (non-hydrogen) atoms. The molecular weight excluding hydrogens is 252 g/mol. The van der Waals surface area contributed by atoms with Gasteiger partial charge in [-0.3, -0.25) is 9.48 Å². The van der Waals surface area contributed by atoms with Gasteiger partial charge < -0.3 is 11.1 Å². The number of carbonyl (C=O) groups is 1. The molecule has 1 rings (SSSR count). The van der Waals surface area contributed by atoms with Crippen molar-refractivity contribution < 1.29 is 4.79 Å². The van der Waals surface area contributed by atoms with Crippen molar-refractivity contribution in [2.75, 3.05) is 5.32 Å². The SMILES string of the molecule is CCC(C)C(N)C(=O)Nc1cc(CC(C)(C)C)nn1C. The molecule has 5 heteroatoms. The molecule has 0 bridgehead atoms. The van der Waals surface area contributed by atoms with E-state index in [0.717, 1.165) is 18.5 Å². The minimum atomic E-state index is -0.485. The van der Waals surface area contributed by atoms with Crippen LogP contribution >= 0.6 is 0 Å². The van der Waals surface area contributed by atoms with Gasteiger partial charge in [0.2, 0.25) is 5.91 Å². The summed E-state index contributed by atoms with van der Waals surface area (Å²) in [5.41, 5.74) is 7.08. The number of carbonyl (C=O) groups excluding carboxylic acids is 1. The highest BCUT2D eigenvalue weighted by Gasteiger charge is 2.21. The molecule has 2 unspecified atom stereocenters. The summed E-state index contributed by atoms with van der Waals surface area (Å²) in [7, 11) is 1.83. The molecule has 0 fully saturated rings. The van der Waals surface area contributed by atoms with Crippen LogP contribution in [0.5, 0.6) is 0 Å². The first kappa shape index (κ1) is 16.7. The molecule has 1 aromatic rings. The minimum absolute atomic E-state index is 0.148. The predicted molar refractivity (Wildman–Crippen MR) is 82.4 cm³/mol. The first-order valence-corrected chi connectivity index (χ1v) is 7.23. The fourth-order valence-corrected chi connectivity index (χ4v) is 2.00. The molecule has 0 aliphatic carbocycles. The van der Waals surface area contributed by atoms with E-state index in [1.807, 2.05) is 27.0 Å². The largest absolute Gasteiger partial charge is 0.320 e.